The summed E-state index contributed by atoms with van der Waals surface area (Å²) in [6, 6.07) is 3.91. The van der Waals surface area contributed by atoms with Gasteiger partial charge in [-0.15, -0.1) is 25.6 Å². The number of aromatic hydroxyl groups is 1. The lowest BCUT2D eigenvalue weighted by molar-refractivity contribution is -0.275. The maximum Gasteiger partial charge on any atom is 0.573 e. The lowest BCUT2D eigenvalue weighted by Crippen LogP contribution is -2.27. The number of rotatable bonds is 2. The molecule has 0 saturated carbocycles. The van der Waals surface area contributed by atoms with Crippen LogP contribution in [0.2, 0.25) is 0 Å². The summed E-state index contributed by atoms with van der Waals surface area (Å²) in [5, 5.41) is 12.4. The lowest BCUT2D eigenvalue weighted by atomic mass is 9.89. The van der Waals surface area contributed by atoms with Crippen LogP contribution in [0.3, 0.4) is 0 Å². The van der Waals surface area contributed by atoms with Crippen molar-refractivity contribution in [2.45, 2.75) is 25.1 Å². The molecule has 1 aromatic rings. The fraction of sp³-hybridized carbons (Fsp3) is 0.500. The molecule has 0 aliphatic carbocycles. The maximum absolute atomic E-state index is 12.3. The molecule has 19 heavy (non-hydrogen) atoms. The number of alkyl halides is 3. The van der Waals surface area contributed by atoms with Gasteiger partial charge in [-0.1, -0.05) is 6.07 Å². The average Bonchev–Trinajstić information content (AvgIpc) is 2.28. The molecule has 0 radical (unpaired) electrons. The molecule has 1 aromatic carbocycles. The zero-order valence-corrected chi connectivity index (χ0v) is 10.9. The second-order valence-electron chi connectivity index (χ2n) is 4.29. The normalized spacial score (nSPS) is 16.8. The Morgan fingerprint density at radius 1 is 1.21 bits per heavy atom. The smallest absolute Gasteiger partial charge is 0.508 e. The number of halogens is 4. The quantitative estimate of drug-likeness (QED) is 0.881. The minimum absolute atomic E-state index is 0. The fourth-order valence-electron chi connectivity index (χ4n) is 2.21. The van der Waals surface area contributed by atoms with E-state index in [-0.39, 0.29) is 29.8 Å². The van der Waals surface area contributed by atoms with Crippen molar-refractivity contribution in [2.75, 3.05) is 13.1 Å². The molecule has 7 heteroatoms. The topological polar surface area (TPSA) is 41.5 Å². The van der Waals surface area contributed by atoms with E-state index >= 15 is 0 Å². The molecule has 0 bridgehead atoms. The summed E-state index contributed by atoms with van der Waals surface area (Å²) >= 11 is 0. The fourth-order valence-corrected chi connectivity index (χ4v) is 2.21. The van der Waals surface area contributed by atoms with Gasteiger partial charge in [-0.25, -0.2) is 0 Å². The summed E-state index contributed by atoms with van der Waals surface area (Å²) in [7, 11) is 0. The number of piperidine rings is 1. The predicted octanol–water partition coefficient (Wildman–Crippen LogP) is 3.18. The van der Waals surface area contributed by atoms with Gasteiger partial charge in [-0.05, 0) is 43.5 Å². The summed E-state index contributed by atoms with van der Waals surface area (Å²) in [5.41, 5.74) is 0.506. The molecule has 0 unspecified atom stereocenters. The lowest BCUT2D eigenvalue weighted by Gasteiger charge is -2.25. The summed E-state index contributed by atoms with van der Waals surface area (Å²) in [6.07, 6.45) is -3.21. The van der Waals surface area contributed by atoms with Crippen LogP contribution in [0.5, 0.6) is 11.5 Å². The van der Waals surface area contributed by atoms with E-state index in [1.165, 1.54) is 12.1 Å². The van der Waals surface area contributed by atoms with Gasteiger partial charge in [0.2, 0.25) is 0 Å². The van der Waals surface area contributed by atoms with Crippen molar-refractivity contribution in [1.29, 1.82) is 0 Å². The Balaban J connectivity index is 0.00000180. The molecule has 1 saturated heterocycles. The highest BCUT2D eigenvalue weighted by Gasteiger charge is 2.33. The van der Waals surface area contributed by atoms with E-state index in [1.807, 2.05) is 0 Å². The molecule has 0 aromatic heterocycles. The van der Waals surface area contributed by atoms with Gasteiger partial charge in [0.15, 0.2) is 0 Å². The SMILES string of the molecule is Cl.Oc1ccc(C2CCNCC2)c(OC(F)(F)F)c1. The zero-order chi connectivity index (χ0) is 13.2. The van der Waals surface area contributed by atoms with Crippen LogP contribution in [0.4, 0.5) is 13.2 Å². The Bertz CT molecular complexity index is 420. The predicted molar refractivity (Wildman–Crippen MR) is 66.9 cm³/mol. The largest absolute Gasteiger partial charge is 0.573 e. The van der Waals surface area contributed by atoms with E-state index in [4.69, 9.17) is 0 Å². The van der Waals surface area contributed by atoms with Crippen LogP contribution >= 0.6 is 12.4 Å². The van der Waals surface area contributed by atoms with Gasteiger partial charge in [0.25, 0.3) is 0 Å². The van der Waals surface area contributed by atoms with Crippen LogP contribution in [0.15, 0.2) is 18.2 Å². The van der Waals surface area contributed by atoms with Crippen molar-refractivity contribution < 1.29 is 23.0 Å². The summed E-state index contributed by atoms with van der Waals surface area (Å²) in [5.74, 6) is -0.495. The molecule has 2 rings (SSSR count). The van der Waals surface area contributed by atoms with E-state index in [1.54, 1.807) is 0 Å². The van der Waals surface area contributed by atoms with Crippen LogP contribution in [0, 0.1) is 0 Å². The molecule has 1 aliphatic heterocycles. The minimum Gasteiger partial charge on any atom is -0.508 e. The highest BCUT2D eigenvalue weighted by Crippen LogP contribution is 2.37. The van der Waals surface area contributed by atoms with Crippen molar-refractivity contribution in [1.82, 2.24) is 5.32 Å². The van der Waals surface area contributed by atoms with E-state index in [0.717, 1.165) is 32.0 Å². The van der Waals surface area contributed by atoms with Crippen molar-refractivity contribution in [2.24, 2.45) is 0 Å². The number of phenols is 1. The molecule has 0 amide bonds. The van der Waals surface area contributed by atoms with Gasteiger partial charge in [0, 0.05) is 6.07 Å². The van der Waals surface area contributed by atoms with Gasteiger partial charge in [-0.3, -0.25) is 0 Å². The van der Waals surface area contributed by atoms with Gasteiger partial charge in [0.1, 0.15) is 11.5 Å². The highest BCUT2D eigenvalue weighted by atomic mass is 35.5. The van der Waals surface area contributed by atoms with E-state index in [2.05, 4.69) is 10.1 Å². The number of phenolic OH excluding ortho intramolecular Hbond substituents is 1. The Hall–Kier alpha value is -1.14. The monoisotopic (exact) mass is 297 g/mol. The molecular weight excluding hydrogens is 283 g/mol. The van der Waals surface area contributed by atoms with E-state index in [0.29, 0.717) is 5.56 Å². The van der Waals surface area contributed by atoms with Crippen LogP contribution in [0.1, 0.15) is 24.3 Å². The van der Waals surface area contributed by atoms with Crippen molar-refractivity contribution in [3.63, 3.8) is 0 Å². The van der Waals surface area contributed by atoms with Gasteiger partial charge in [0.05, 0.1) is 0 Å². The Kier molecular flexibility index (Phi) is 5.31. The Labute approximate surface area is 115 Å². The first-order chi connectivity index (χ1) is 8.46. The van der Waals surface area contributed by atoms with Crippen LogP contribution < -0.4 is 10.1 Å². The number of benzene rings is 1. The number of hydrogen-bond donors (Lipinski definition) is 2. The Morgan fingerprint density at radius 3 is 2.42 bits per heavy atom. The van der Waals surface area contributed by atoms with Gasteiger partial charge < -0.3 is 15.2 Å². The standard InChI is InChI=1S/C12H14F3NO2.ClH/c13-12(14,15)18-11-7-9(17)1-2-10(11)8-3-5-16-6-4-8;/h1-2,7-8,16-17H,3-6H2;1H. The third-order valence-electron chi connectivity index (χ3n) is 3.00. The number of nitrogens with one attached hydrogen (secondary N) is 1. The van der Waals surface area contributed by atoms with E-state index in [9.17, 15) is 18.3 Å². The Morgan fingerprint density at radius 2 is 1.84 bits per heavy atom. The first kappa shape index (κ1) is 15.9. The van der Waals surface area contributed by atoms with Crippen LogP contribution in [-0.4, -0.2) is 24.6 Å². The van der Waals surface area contributed by atoms with Gasteiger partial charge in [-0.2, -0.15) is 0 Å². The molecular formula is C12H15ClF3NO2. The second kappa shape index (κ2) is 6.34. The van der Waals surface area contributed by atoms with Crippen molar-refractivity contribution >= 4 is 12.4 Å². The number of hydrogen-bond acceptors (Lipinski definition) is 3. The molecule has 1 aliphatic rings. The molecule has 0 atom stereocenters. The summed E-state index contributed by atoms with van der Waals surface area (Å²) in [6.45, 7) is 1.55. The molecule has 2 N–H and O–H groups in total. The summed E-state index contributed by atoms with van der Waals surface area (Å²) < 4.78 is 40.9. The molecule has 1 heterocycles. The van der Waals surface area contributed by atoms with Crippen LogP contribution in [0.25, 0.3) is 0 Å². The molecule has 1 fully saturated rings. The number of ether oxygens (including phenoxy) is 1. The molecule has 108 valence electrons. The van der Waals surface area contributed by atoms with Crippen LogP contribution in [-0.2, 0) is 0 Å². The second-order valence-corrected chi connectivity index (χ2v) is 4.29. The maximum atomic E-state index is 12.3. The first-order valence-corrected chi connectivity index (χ1v) is 5.75. The minimum atomic E-state index is -4.74. The molecule has 0 spiro atoms. The third kappa shape index (κ3) is 4.47. The van der Waals surface area contributed by atoms with Crippen molar-refractivity contribution in [3.05, 3.63) is 23.8 Å². The van der Waals surface area contributed by atoms with Crippen molar-refractivity contribution in [3.8, 4) is 11.5 Å². The van der Waals surface area contributed by atoms with E-state index < -0.39 is 6.36 Å². The molecule has 3 nitrogen and oxygen atoms in total. The third-order valence-corrected chi connectivity index (χ3v) is 3.00. The summed E-state index contributed by atoms with van der Waals surface area (Å²) in [4.78, 5) is 0. The first-order valence-electron chi connectivity index (χ1n) is 5.75. The zero-order valence-electron chi connectivity index (χ0n) is 10.0. The highest BCUT2D eigenvalue weighted by molar-refractivity contribution is 5.85. The average molecular weight is 298 g/mol. The van der Waals surface area contributed by atoms with Gasteiger partial charge >= 0.3 is 6.36 Å².